The van der Waals surface area contributed by atoms with Gasteiger partial charge in [-0.1, -0.05) is 35.9 Å². The third-order valence-corrected chi connectivity index (χ3v) is 5.74. The van der Waals surface area contributed by atoms with E-state index in [-0.39, 0.29) is 11.8 Å². The van der Waals surface area contributed by atoms with Gasteiger partial charge in [0.15, 0.2) is 0 Å². The minimum atomic E-state index is -0.188. The molecule has 0 unspecified atom stereocenters. The summed E-state index contributed by atoms with van der Waals surface area (Å²) in [6.07, 6.45) is 2.58. The second kappa shape index (κ2) is 5.68. The first-order valence-electron chi connectivity index (χ1n) is 8.81. The normalized spacial score (nSPS) is 15.2. The van der Waals surface area contributed by atoms with Gasteiger partial charge in [0, 0.05) is 28.1 Å². The predicted molar refractivity (Wildman–Crippen MR) is 102 cm³/mol. The molecule has 3 aromatic rings. The van der Waals surface area contributed by atoms with Crippen molar-refractivity contribution in [2.75, 3.05) is 6.54 Å². The van der Waals surface area contributed by atoms with Gasteiger partial charge in [0.25, 0.3) is 11.8 Å². The molecule has 0 atom stereocenters. The van der Waals surface area contributed by atoms with Crippen LogP contribution in [0, 0.1) is 0 Å². The van der Waals surface area contributed by atoms with Crippen molar-refractivity contribution in [1.82, 2.24) is 4.90 Å². The SMILES string of the molecule is O=C1c2ccc3c4c(ccc(c24)C(=O)N1CCc1ccc(Cl)cc1)CC3. The maximum atomic E-state index is 13.0. The van der Waals surface area contributed by atoms with Crippen molar-refractivity contribution < 1.29 is 9.59 Å². The van der Waals surface area contributed by atoms with Crippen LogP contribution < -0.4 is 0 Å². The van der Waals surface area contributed by atoms with E-state index in [0.29, 0.717) is 29.1 Å². The number of hydrogen-bond acceptors (Lipinski definition) is 2. The van der Waals surface area contributed by atoms with Crippen molar-refractivity contribution in [3.63, 3.8) is 0 Å². The van der Waals surface area contributed by atoms with Crippen LogP contribution >= 0.6 is 11.6 Å². The van der Waals surface area contributed by atoms with Gasteiger partial charge in [-0.15, -0.1) is 0 Å². The summed E-state index contributed by atoms with van der Waals surface area (Å²) in [7, 11) is 0. The maximum absolute atomic E-state index is 13.0. The molecule has 0 bridgehead atoms. The summed E-state index contributed by atoms with van der Waals surface area (Å²) in [5, 5.41) is 2.66. The van der Waals surface area contributed by atoms with E-state index >= 15 is 0 Å². The average Bonchev–Trinajstić information content (AvgIpc) is 3.08. The Bertz CT molecular complexity index is 1030. The molecule has 0 saturated carbocycles. The van der Waals surface area contributed by atoms with E-state index in [0.717, 1.165) is 29.2 Å². The highest BCUT2D eigenvalue weighted by atomic mass is 35.5. The van der Waals surface area contributed by atoms with Crippen molar-refractivity contribution >= 4 is 34.2 Å². The molecule has 0 spiro atoms. The monoisotopic (exact) mass is 361 g/mol. The standard InChI is InChI=1S/C22H16ClNO2/c23-16-7-1-13(2-8-16)11-12-24-21(25)17-9-5-14-3-4-15-6-10-18(22(24)26)20(17)19(14)15/h1-2,5-10H,3-4,11-12H2. The maximum Gasteiger partial charge on any atom is 0.261 e. The number of amides is 2. The van der Waals surface area contributed by atoms with E-state index in [1.165, 1.54) is 16.0 Å². The van der Waals surface area contributed by atoms with Crippen LogP contribution in [0.3, 0.4) is 0 Å². The molecule has 5 rings (SSSR count). The third-order valence-electron chi connectivity index (χ3n) is 5.49. The summed E-state index contributed by atoms with van der Waals surface area (Å²) in [5.74, 6) is -0.376. The van der Waals surface area contributed by atoms with Gasteiger partial charge in [-0.3, -0.25) is 14.5 Å². The lowest BCUT2D eigenvalue weighted by Crippen LogP contribution is -2.41. The molecule has 0 fully saturated rings. The van der Waals surface area contributed by atoms with Crippen LogP contribution in [0.15, 0.2) is 48.5 Å². The predicted octanol–water partition coefficient (Wildman–Crippen LogP) is 4.43. The Balaban J connectivity index is 1.53. The van der Waals surface area contributed by atoms with Crippen molar-refractivity contribution in [2.45, 2.75) is 19.3 Å². The number of rotatable bonds is 3. The van der Waals surface area contributed by atoms with E-state index in [2.05, 4.69) is 0 Å². The molecule has 1 heterocycles. The second-order valence-electron chi connectivity index (χ2n) is 6.93. The zero-order chi connectivity index (χ0) is 17.8. The Kier molecular flexibility index (Phi) is 3.41. The number of carbonyl (C=O) groups is 2. The Morgan fingerprint density at radius 3 is 1.92 bits per heavy atom. The van der Waals surface area contributed by atoms with Gasteiger partial charge >= 0.3 is 0 Å². The minimum Gasteiger partial charge on any atom is -0.274 e. The average molecular weight is 362 g/mol. The number of benzene rings is 3. The van der Waals surface area contributed by atoms with Gasteiger partial charge in [0.1, 0.15) is 0 Å². The Morgan fingerprint density at radius 2 is 1.35 bits per heavy atom. The fourth-order valence-corrected chi connectivity index (χ4v) is 4.29. The highest BCUT2D eigenvalue weighted by Gasteiger charge is 2.34. The Hall–Kier alpha value is -2.65. The zero-order valence-corrected chi connectivity index (χ0v) is 14.8. The van der Waals surface area contributed by atoms with E-state index in [4.69, 9.17) is 11.6 Å². The van der Waals surface area contributed by atoms with Crippen LogP contribution in [0.1, 0.15) is 37.4 Å². The van der Waals surface area contributed by atoms with Gasteiger partial charge in [-0.2, -0.15) is 0 Å². The first-order valence-corrected chi connectivity index (χ1v) is 9.19. The van der Waals surface area contributed by atoms with Crippen LogP contribution in [0.5, 0.6) is 0 Å². The van der Waals surface area contributed by atoms with Crippen LogP contribution in [-0.2, 0) is 19.3 Å². The second-order valence-corrected chi connectivity index (χ2v) is 7.37. The number of hydrogen-bond donors (Lipinski definition) is 0. The molecule has 2 aliphatic rings. The molecule has 3 aromatic carbocycles. The zero-order valence-electron chi connectivity index (χ0n) is 14.1. The van der Waals surface area contributed by atoms with Crippen LogP contribution in [0.4, 0.5) is 0 Å². The number of aryl methyl sites for hydroxylation is 2. The first kappa shape index (κ1) is 15.6. The highest BCUT2D eigenvalue weighted by Crippen LogP contribution is 2.38. The van der Waals surface area contributed by atoms with Gasteiger partial charge in [0.2, 0.25) is 0 Å². The molecule has 128 valence electrons. The van der Waals surface area contributed by atoms with E-state index < -0.39 is 0 Å². The minimum absolute atomic E-state index is 0.188. The molecule has 0 N–H and O–H groups in total. The van der Waals surface area contributed by atoms with E-state index in [1.54, 1.807) is 0 Å². The molecule has 26 heavy (non-hydrogen) atoms. The van der Waals surface area contributed by atoms with Crippen molar-refractivity contribution in [2.24, 2.45) is 0 Å². The summed E-state index contributed by atoms with van der Waals surface area (Å²) in [4.78, 5) is 27.4. The molecule has 0 saturated heterocycles. The molecule has 2 amide bonds. The number of nitrogens with zero attached hydrogens (tertiary/aromatic N) is 1. The quantitative estimate of drug-likeness (QED) is 0.647. The summed E-state index contributed by atoms with van der Waals surface area (Å²) in [6.45, 7) is 0.365. The smallest absolute Gasteiger partial charge is 0.261 e. The Labute approximate surface area is 156 Å². The van der Waals surface area contributed by atoms with Gasteiger partial charge in [-0.25, -0.2) is 0 Å². The molecular formula is C22H16ClNO2. The lowest BCUT2D eigenvalue weighted by atomic mass is 9.91. The summed E-state index contributed by atoms with van der Waals surface area (Å²) >= 11 is 5.92. The lowest BCUT2D eigenvalue weighted by Gasteiger charge is -2.27. The van der Waals surface area contributed by atoms with Crippen LogP contribution in [-0.4, -0.2) is 23.3 Å². The first-order chi connectivity index (χ1) is 12.6. The number of carbonyl (C=O) groups excluding carboxylic acids is 2. The van der Waals surface area contributed by atoms with Gasteiger partial charge in [0.05, 0.1) is 0 Å². The third kappa shape index (κ3) is 2.20. The molecule has 1 aliphatic heterocycles. The largest absolute Gasteiger partial charge is 0.274 e. The topological polar surface area (TPSA) is 37.4 Å². The fourth-order valence-electron chi connectivity index (χ4n) is 4.16. The van der Waals surface area contributed by atoms with Crippen molar-refractivity contribution in [1.29, 1.82) is 0 Å². The van der Waals surface area contributed by atoms with Crippen molar-refractivity contribution in [3.8, 4) is 0 Å². The fraction of sp³-hybridized carbons (Fsp3) is 0.182. The summed E-state index contributed by atoms with van der Waals surface area (Å²) in [6, 6.07) is 15.4. The van der Waals surface area contributed by atoms with Gasteiger partial charge < -0.3 is 0 Å². The highest BCUT2D eigenvalue weighted by molar-refractivity contribution is 6.30. The number of halogens is 1. The van der Waals surface area contributed by atoms with Gasteiger partial charge in [-0.05, 0) is 65.6 Å². The summed E-state index contributed by atoms with van der Waals surface area (Å²) in [5.41, 5.74) is 4.84. The van der Waals surface area contributed by atoms with Crippen molar-refractivity contribution in [3.05, 3.63) is 81.4 Å². The molecule has 3 nitrogen and oxygen atoms in total. The van der Waals surface area contributed by atoms with E-state index in [1.807, 2.05) is 48.5 Å². The van der Waals surface area contributed by atoms with Crippen LogP contribution in [0.2, 0.25) is 5.02 Å². The van der Waals surface area contributed by atoms with Crippen LogP contribution in [0.25, 0.3) is 10.8 Å². The molecule has 0 radical (unpaired) electrons. The van der Waals surface area contributed by atoms with E-state index in [9.17, 15) is 9.59 Å². The molecule has 1 aliphatic carbocycles. The lowest BCUT2D eigenvalue weighted by molar-refractivity contribution is 0.0612. The molecular weight excluding hydrogens is 346 g/mol. The Morgan fingerprint density at radius 1 is 0.769 bits per heavy atom. The summed E-state index contributed by atoms with van der Waals surface area (Å²) < 4.78 is 0. The molecule has 4 heteroatoms. The molecule has 0 aromatic heterocycles. The number of imide groups is 1.